The molecule has 0 fully saturated rings. The molecular weight excluding hydrogens is 360 g/mol. The average molecular weight is 420 g/mol. The van der Waals surface area contributed by atoms with Crippen LogP contribution in [0.1, 0.15) is 174 Å². The van der Waals surface area contributed by atoms with E-state index < -0.39 is 0 Å². The molecule has 0 aromatic heterocycles. The van der Waals surface area contributed by atoms with Crippen molar-refractivity contribution in [2.45, 2.75) is 174 Å². The fourth-order valence-electron chi connectivity index (χ4n) is 4.52. The van der Waals surface area contributed by atoms with Crippen molar-refractivity contribution in [3.05, 3.63) is 19.1 Å². The van der Waals surface area contributed by atoms with Gasteiger partial charge in [0, 0.05) is 0 Å². The zero-order chi connectivity index (χ0) is 21.8. The fourth-order valence-corrected chi connectivity index (χ4v) is 4.52. The minimum atomic E-state index is 1.23. The average Bonchev–Trinajstić information content (AvgIpc) is 2.76. The monoisotopic (exact) mass is 419 g/mol. The van der Waals surface area contributed by atoms with Crippen molar-refractivity contribution in [2.24, 2.45) is 0 Å². The summed E-state index contributed by atoms with van der Waals surface area (Å²) in [4.78, 5) is 0. The van der Waals surface area contributed by atoms with E-state index in [1.165, 1.54) is 167 Å². The van der Waals surface area contributed by atoms with Crippen molar-refractivity contribution < 1.29 is 0 Å². The van der Waals surface area contributed by atoms with Crippen LogP contribution in [0, 0.1) is 6.92 Å². The van der Waals surface area contributed by atoms with Crippen LogP contribution in [0.15, 0.2) is 12.2 Å². The Balaban J connectivity index is 2.99. The molecule has 0 saturated carbocycles. The van der Waals surface area contributed by atoms with E-state index in [1.54, 1.807) is 0 Å². The van der Waals surface area contributed by atoms with Crippen LogP contribution in [0.25, 0.3) is 0 Å². The third-order valence-electron chi connectivity index (χ3n) is 6.64. The Bertz CT molecular complexity index is 303. The molecule has 0 spiro atoms. The van der Waals surface area contributed by atoms with Crippen LogP contribution < -0.4 is 0 Å². The molecule has 0 nitrogen and oxygen atoms in total. The molecular formula is C30H59. The lowest BCUT2D eigenvalue weighted by molar-refractivity contribution is 0.516. The quantitative estimate of drug-likeness (QED) is 0.122. The van der Waals surface area contributed by atoms with E-state index >= 15 is 0 Å². The summed E-state index contributed by atoms with van der Waals surface area (Å²) >= 11 is 0. The van der Waals surface area contributed by atoms with Crippen LogP contribution in [0.2, 0.25) is 0 Å². The molecule has 0 unspecified atom stereocenters. The predicted octanol–water partition coefficient (Wildman–Crippen LogP) is 11.5. The van der Waals surface area contributed by atoms with Gasteiger partial charge in [-0.1, -0.05) is 173 Å². The molecule has 179 valence electrons. The normalized spacial score (nSPS) is 11.7. The van der Waals surface area contributed by atoms with E-state index in [0.29, 0.717) is 0 Å². The van der Waals surface area contributed by atoms with Crippen LogP contribution in [0.3, 0.4) is 0 Å². The molecule has 1 radical (unpaired) electrons. The van der Waals surface area contributed by atoms with Gasteiger partial charge in [-0.05, 0) is 19.8 Å². The number of unbranched alkanes of at least 4 members (excludes halogenated alkanes) is 25. The lowest BCUT2D eigenvalue weighted by atomic mass is 10.0. The van der Waals surface area contributed by atoms with Gasteiger partial charge in [-0.25, -0.2) is 0 Å². The molecule has 0 atom stereocenters. The van der Waals surface area contributed by atoms with Crippen LogP contribution in [-0.4, -0.2) is 0 Å². The molecule has 0 rings (SSSR count). The minimum absolute atomic E-state index is 1.23. The Morgan fingerprint density at radius 1 is 0.367 bits per heavy atom. The molecule has 0 aromatic carbocycles. The Labute approximate surface area is 193 Å². The van der Waals surface area contributed by atoms with Gasteiger partial charge in [0.1, 0.15) is 0 Å². The molecule has 0 aliphatic rings. The molecule has 0 heterocycles. The molecule has 0 bridgehead atoms. The molecule has 0 heteroatoms. The smallest absolute Gasteiger partial charge is 0.0316 e. The highest BCUT2D eigenvalue weighted by Gasteiger charge is 1.96. The van der Waals surface area contributed by atoms with Gasteiger partial charge in [-0.15, -0.1) is 0 Å². The van der Waals surface area contributed by atoms with E-state index in [9.17, 15) is 0 Å². The van der Waals surface area contributed by atoms with Gasteiger partial charge in [0.25, 0.3) is 0 Å². The first-order valence-electron chi connectivity index (χ1n) is 14.4. The van der Waals surface area contributed by atoms with Crippen molar-refractivity contribution in [3.63, 3.8) is 0 Å². The van der Waals surface area contributed by atoms with E-state index in [-0.39, 0.29) is 0 Å². The van der Waals surface area contributed by atoms with E-state index in [4.69, 9.17) is 0 Å². The summed E-state index contributed by atoms with van der Waals surface area (Å²) in [7, 11) is 0. The zero-order valence-corrected chi connectivity index (χ0v) is 21.2. The van der Waals surface area contributed by atoms with E-state index in [1.807, 2.05) is 6.08 Å². The third kappa shape index (κ3) is 27.7. The van der Waals surface area contributed by atoms with Crippen LogP contribution >= 0.6 is 0 Å². The molecule has 0 saturated heterocycles. The van der Waals surface area contributed by atoms with Gasteiger partial charge in [0.2, 0.25) is 0 Å². The zero-order valence-electron chi connectivity index (χ0n) is 21.2. The topological polar surface area (TPSA) is 0 Å². The van der Waals surface area contributed by atoms with Crippen molar-refractivity contribution in [1.29, 1.82) is 0 Å². The van der Waals surface area contributed by atoms with Gasteiger partial charge < -0.3 is 0 Å². The summed E-state index contributed by atoms with van der Waals surface area (Å²) in [5.41, 5.74) is 0. The number of allylic oxidation sites excluding steroid dienone is 2. The van der Waals surface area contributed by atoms with E-state index in [2.05, 4.69) is 19.9 Å². The Morgan fingerprint density at radius 3 is 0.833 bits per heavy atom. The van der Waals surface area contributed by atoms with Crippen molar-refractivity contribution >= 4 is 0 Å². The molecule has 0 amide bonds. The predicted molar refractivity (Wildman–Crippen MR) is 140 cm³/mol. The van der Waals surface area contributed by atoms with E-state index in [0.717, 1.165) is 0 Å². The maximum absolute atomic E-state index is 3.74. The molecule has 30 heavy (non-hydrogen) atoms. The van der Waals surface area contributed by atoms with Crippen LogP contribution in [0.5, 0.6) is 0 Å². The third-order valence-corrected chi connectivity index (χ3v) is 6.64. The highest BCUT2D eigenvalue weighted by atomic mass is 14.0. The largest absolute Gasteiger partial charge is 0.0885 e. The standard InChI is InChI=1S/C30H59/c1-3-5-7-9-11-13-15-17-19-21-23-25-27-29-30-28-26-24-22-20-18-16-14-12-10-8-6-4-2/h3,5H,1,4,6-30H2,2H3. The summed E-state index contributed by atoms with van der Waals surface area (Å²) in [5.74, 6) is 0. The number of rotatable bonds is 26. The van der Waals surface area contributed by atoms with Gasteiger partial charge in [0.05, 0.1) is 0 Å². The highest BCUT2D eigenvalue weighted by molar-refractivity contribution is 4.83. The highest BCUT2D eigenvalue weighted by Crippen LogP contribution is 2.15. The second-order valence-electron chi connectivity index (χ2n) is 9.75. The Morgan fingerprint density at radius 2 is 0.600 bits per heavy atom. The SMILES string of the molecule is [CH2]C=CCCCCCCCCCCCCCCCCCCCCCCCCCCC. The lowest BCUT2D eigenvalue weighted by Gasteiger charge is -2.04. The van der Waals surface area contributed by atoms with Crippen molar-refractivity contribution in [1.82, 2.24) is 0 Å². The minimum Gasteiger partial charge on any atom is -0.0885 e. The summed E-state index contributed by atoms with van der Waals surface area (Å²) in [5, 5.41) is 0. The Kier molecular flexibility index (Phi) is 28.5. The Hall–Kier alpha value is -0.260. The second-order valence-corrected chi connectivity index (χ2v) is 9.75. The van der Waals surface area contributed by atoms with Crippen molar-refractivity contribution in [2.75, 3.05) is 0 Å². The summed E-state index contributed by atoms with van der Waals surface area (Å²) in [6, 6.07) is 0. The van der Waals surface area contributed by atoms with Gasteiger partial charge in [-0.2, -0.15) is 0 Å². The van der Waals surface area contributed by atoms with Gasteiger partial charge in [0.15, 0.2) is 0 Å². The first-order chi connectivity index (χ1) is 14.9. The molecule has 0 aliphatic heterocycles. The van der Waals surface area contributed by atoms with Crippen LogP contribution in [0.4, 0.5) is 0 Å². The summed E-state index contributed by atoms with van der Waals surface area (Å²) in [6.45, 7) is 6.04. The lowest BCUT2D eigenvalue weighted by Crippen LogP contribution is -1.84. The van der Waals surface area contributed by atoms with Gasteiger partial charge >= 0.3 is 0 Å². The maximum atomic E-state index is 3.74. The number of hydrogen-bond acceptors (Lipinski definition) is 0. The first kappa shape index (κ1) is 29.7. The van der Waals surface area contributed by atoms with Gasteiger partial charge in [-0.3, -0.25) is 0 Å². The summed E-state index contributed by atoms with van der Waals surface area (Å²) in [6.07, 6.45) is 42.0. The molecule has 0 aromatic rings. The fraction of sp³-hybridized carbons (Fsp3) is 0.900. The molecule has 0 N–H and O–H groups in total. The number of hydrogen-bond donors (Lipinski definition) is 0. The first-order valence-corrected chi connectivity index (χ1v) is 14.4. The maximum Gasteiger partial charge on any atom is -0.0316 e. The van der Waals surface area contributed by atoms with Crippen molar-refractivity contribution in [3.8, 4) is 0 Å². The van der Waals surface area contributed by atoms with Crippen LogP contribution in [-0.2, 0) is 0 Å². The second kappa shape index (κ2) is 28.7. The summed E-state index contributed by atoms with van der Waals surface area (Å²) < 4.78 is 0. The molecule has 0 aliphatic carbocycles.